The Morgan fingerprint density at radius 2 is 1.73 bits per heavy atom. The van der Waals surface area contributed by atoms with Crippen LogP contribution in [0.4, 0.5) is 24.5 Å². The summed E-state index contributed by atoms with van der Waals surface area (Å²) < 4.78 is 39.8. The fraction of sp³-hybridized carbons (Fsp3) is 0.263. The number of halogens is 3. The Kier molecular flexibility index (Phi) is 6.38. The molecule has 0 unspecified atom stereocenters. The molecule has 0 radical (unpaired) electrons. The van der Waals surface area contributed by atoms with Crippen LogP contribution in [0.25, 0.3) is 0 Å². The molecule has 1 N–H and O–H groups in total. The van der Waals surface area contributed by atoms with Crippen LogP contribution in [0.1, 0.15) is 25.8 Å². The summed E-state index contributed by atoms with van der Waals surface area (Å²) in [6.45, 7) is 3.42. The second kappa shape index (κ2) is 8.51. The molecule has 0 heterocycles. The summed E-state index contributed by atoms with van der Waals surface area (Å²) >= 11 is 0. The van der Waals surface area contributed by atoms with Crippen LogP contribution in [-0.4, -0.2) is 18.4 Å². The van der Waals surface area contributed by atoms with Gasteiger partial charge in [0.15, 0.2) is 17.5 Å². The van der Waals surface area contributed by atoms with E-state index in [0.29, 0.717) is 12.1 Å². The van der Waals surface area contributed by atoms with Gasteiger partial charge < -0.3 is 10.2 Å². The summed E-state index contributed by atoms with van der Waals surface area (Å²) in [7, 11) is 0. The zero-order chi connectivity index (χ0) is 19.3. The Balaban J connectivity index is 2.09. The van der Waals surface area contributed by atoms with Gasteiger partial charge in [-0.1, -0.05) is 25.1 Å². The van der Waals surface area contributed by atoms with Crippen LogP contribution in [0.3, 0.4) is 0 Å². The van der Waals surface area contributed by atoms with Crippen molar-refractivity contribution in [2.75, 3.05) is 16.8 Å². The van der Waals surface area contributed by atoms with Crippen molar-refractivity contribution in [2.45, 2.75) is 26.7 Å². The lowest BCUT2D eigenvalue weighted by Gasteiger charge is -2.23. The lowest BCUT2D eigenvalue weighted by Crippen LogP contribution is -2.32. The lowest BCUT2D eigenvalue weighted by molar-refractivity contribution is -0.117. The molecule has 2 aromatic carbocycles. The van der Waals surface area contributed by atoms with E-state index in [1.54, 1.807) is 12.1 Å². The highest BCUT2D eigenvalue weighted by atomic mass is 19.2. The molecular weight excluding hydrogens is 345 g/mol. The van der Waals surface area contributed by atoms with Gasteiger partial charge in [-0.25, -0.2) is 13.2 Å². The van der Waals surface area contributed by atoms with Gasteiger partial charge in [0, 0.05) is 25.6 Å². The molecule has 0 spiro atoms. The number of nitrogens with zero attached hydrogens (tertiary/aromatic N) is 1. The summed E-state index contributed by atoms with van der Waals surface area (Å²) in [5.74, 6) is -5.30. The van der Waals surface area contributed by atoms with E-state index in [0.717, 1.165) is 17.7 Å². The van der Waals surface area contributed by atoms with Gasteiger partial charge in [0.1, 0.15) is 0 Å². The van der Waals surface area contributed by atoms with Gasteiger partial charge in [0.2, 0.25) is 11.8 Å². The predicted octanol–water partition coefficient (Wildman–Crippen LogP) is 4.05. The topological polar surface area (TPSA) is 49.4 Å². The largest absolute Gasteiger partial charge is 0.323 e. The van der Waals surface area contributed by atoms with Gasteiger partial charge in [-0.05, 0) is 30.2 Å². The molecular formula is C19H19F3N2O2. The number of para-hydroxylation sites is 1. The lowest BCUT2D eigenvalue weighted by atomic mass is 10.1. The molecule has 0 aliphatic rings. The zero-order valence-electron chi connectivity index (χ0n) is 14.5. The average molecular weight is 364 g/mol. The fourth-order valence-electron chi connectivity index (χ4n) is 2.57. The summed E-state index contributed by atoms with van der Waals surface area (Å²) in [6, 6.07) is 9.00. The minimum absolute atomic E-state index is 0.0729. The standard InChI is InChI=1S/C19H19F3N2O2/c1-3-13-6-4-5-7-16(13)24(12(2)25)11-10-17(26)23-15-9-8-14(20)18(21)19(15)22/h4-9H,3,10-11H2,1-2H3,(H,23,26). The van der Waals surface area contributed by atoms with Crippen molar-refractivity contribution in [1.29, 1.82) is 0 Å². The molecule has 2 amide bonds. The number of carbonyl (C=O) groups is 2. The van der Waals surface area contributed by atoms with Crippen LogP contribution in [0.15, 0.2) is 36.4 Å². The molecule has 0 atom stereocenters. The predicted molar refractivity (Wildman–Crippen MR) is 93.4 cm³/mol. The van der Waals surface area contributed by atoms with Gasteiger partial charge in [0.25, 0.3) is 0 Å². The van der Waals surface area contributed by atoms with Gasteiger partial charge in [-0.3, -0.25) is 9.59 Å². The maximum Gasteiger partial charge on any atom is 0.226 e. The smallest absolute Gasteiger partial charge is 0.226 e. The van der Waals surface area contributed by atoms with Crippen LogP contribution in [0.5, 0.6) is 0 Å². The minimum atomic E-state index is -1.65. The van der Waals surface area contributed by atoms with Crippen LogP contribution in [0, 0.1) is 17.5 Å². The Hall–Kier alpha value is -2.83. The Bertz CT molecular complexity index is 824. The summed E-state index contributed by atoms with van der Waals surface area (Å²) in [5, 5.41) is 2.19. The molecule has 4 nitrogen and oxygen atoms in total. The van der Waals surface area contributed by atoms with Crippen molar-refractivity contribution < 1.29 is 22.8 Å². The average Bonchev–Trinajstić information content (AvgIpc) is 2.62. The first kappa shape index (κ1) is 19.5. The number of nitrogens with one attached hydrogen (secondary N) is 1. The van der Waals surface area contributed by atoms with E-state index >= 15 is 0 Å². The molecule has 0 saturated carbocycles. The number of rotatable bonds is 6. The van der Waals surface area contributed by atoms with Crippen molar-refractivity contribution >= 4 is 23.2 Å². The van der Waals surface area contributed by atoms with Crippen LogP contribution < -0.4 is 10.2 Å². The first-order chi connectivity index (χ1) is 12.3. The molecule has 2 aromatic rings. The fourth-order valence-corrected chi connectivity index (χ4v) is 2.57. The van der Waals surface area contributed by atoms with Crippen molar-refractivity contribution in [3.05, 3.63) is 59.4 Å². The third-order valence-corrected chi connectivity index (χ3v) is 3.92. The number of benzene rings is 2. The van der Waals surface area contributed by atoms with Crippen molar-refractivity contribution in [3.63, 3.8) is 0 Å². The maximum absolute atomic E-state index is 13.6. The highest BCUT2D eigenvalue weighted by Crippen LogP contribution is 2.22. The number of anilines is 2. The molecule has 2 rings (SSSR count). The normalized spacial score (nSPS) is 10.5. The molecule has 0 fully saturated rings. The van der Waals surface area contributed by atoms with Crippen LogP contribution >= 0.6 is 0 Å². The highest BCUT2D eigenvalue weighted by Gasteiger charge is 2.18. The Morgan fingerprint density at radius 1 is 1.04 bits per heavy atom. The first-order valence-electron chi connectivity index (χ1n) is 8.14. The van der Waals surface area contributed by atoms with E-state index in [-0.39, 0.29) is 18.9 Å². The van der Waals surface area contributed by atoms with Gasteiger partial charge >= 0.3 is 0 Å². The SMILES string of the molecule is CCc1ccccc1N(CCC(=O)Nc1ccc(F)c(F)c1F)C(C)=O. The Labute approximate surface area is 149 Å². The number of hydrogen-bond acceptors (Lipinski definition) is 2. The molecule has 0 aliphatic carbocycles. The van der Waals surface area contributed by atoms with Crippen molar-refractivity contribution in [1.82, 2.24) is 0 Å². The molecule has 0 bridgehead atoms. The molecule has 138 valence electrons. The second-order valence-electron chi connectivity index (χ2n) is 5.67. The van der Waals surface area contributed by atoms with Crippen LogP contribution in [0.2, 0.25) is 0 Å². The Morgan fingerprint density at radius 3 is 2.38 bits per heavy atom. The number of amides is 2. The number of aryl methyl sites for hydroxylation is 1. The molecule has 0 saturated heterocycles. The summed E-state index contributed by atoms with van der Waals surface area (Å²) in [4.78, 5) is 25.5. The van der Waals surface area contributed by atoms with E-state index in [1.807, 2.05) is 19.1 Å². The molecule has 0 aromatic heterocycles. The van der Waals surface area contributed by atoms with E-state index in [4.69, 9.17) is 0 Å². The number of hydrogen-bond donors (Lipinski definition) is 1. The zero-order valence-corrected chi connectivity index (χ0v) is 14.5. The summed E-state index contributed by atoms with van der Waals surface area (Å²) in [6.07, 6.45) is 0.586. The second-order valence-corrected chi connectivity index (χ2v) is 5.67. The minimum Gasteiger partial charge on any atom is -0.323 e. The van der Waals surface area contributed by atoms with E-state index in [2.05, 4.69) is 5.32 Å². The van der Waals surface area contributed by atoms with E-state index in [1.165, 1.54) is 11.8 Å². The quantitative estimate of drug-likeness (QED) is 0.787. The van der Waals surface area contributed by atoms with Crippen LogP contribution in [-0.2, 0) is 16.0 Å². The molecule has 26 heavy (non-hydrogen) atoms. The number of carbonyl (C=O) groups excluding carboxylic acids is 2. The molecule has 0 aliphatic heterocycles. The van der Waals surface area contributed by atoms with Gasteiger partial charge in [0.05, 0.1) is 5.69 Å². The third-order valence-electron chi connectivity index (χ3n) is 3.92. The van der Waals surface area contributed by atoms with E-state index < -0.39 is 29.0 Å². The first-order valence-corrected chi connectivity index (χ1v) is 8.14. The van der Waals surface area contributed by atoms with Crippen molar-refractivity contribution in [2.24, 2.45) is 0 Å². The third kappa shape index (κ3) is 4.41. The van der Waals surface area contributed by atoms with Gasteiger partial charge in [-0.15, -0.1) is 0 Å². The van der Waals surface area contributed by atoms with Crippen molar-refractivity contribution in [3.8, 4) is 0 Å². The summed E-state index contributed by atoms with van der Waals surface area (Å²) in [5.41, 5.74) is 1.21. The molecule has 7 heteroatoms. The van der Waals surface area contributed by atoms with E-state index in [9.17, 15) is 22.8 Å². The highest BCUT2D eigenvalue weighted by molar-refractivity contribution is 5.95. The van der Waals surface area contributed by atoms with Gasteiger partial charge in [-0.2, -0.15) is 0 Å². The maximum atomic E-state index is 13.6. The monoisotopic (exact) mass is 364 g/mol.